The second-order valence-electron chi connectivity index (χ2n) is 3.57. The third kappa shape index (κ3) is 1.82. The Morgan fingerprint density at radius 3 is 2.94 bits per heavy atom. The monoisotopic (exact) mass is 219 g/mol. The van der Waals surface area contributed by atoms with E-state index in [-0.39, 0.29) is 11.4 Å². The standard InChI is InChI=1S/C12H10FNO2/c1-7(12(15)16)4-8-6-14-11-3-2-9(13)5-10(8)11/h2-6,14H,1H3,(H,15,16)/b7-4+. The molecule has 2 rings (SSSR count). The zero-order chi connectivity index (χ0) is 11.7. The molecule has 3 nitrogen and oxygen atoms in total. The Hall–Kier alpha value is -2.10. The van der Waals surface area contributed by atoms with Crippen LogP contribution in [0.25, 0.3) is 17.0 Å². The summed E-state index contributed by atoms with van der Waals surface area (Å²) in [4.78, 5) is 13.6. The Balaban J connectivity index is 2.57. The zero-order valence-corrected chi connectivity index (χ0v) is 8.62. The number of carbonyl (C=O) groups is 1. The van der Waals surface area contributed by atoms with Crippen molar-refractivity contribution in [1.29, 1.82) is 0 Å². The minimum atomic E-state index is -0.981. The number of H-pyrrole nitrogens is 1. The Morgan fingerprint density at radius 1 is 1.50 bits per heavy atom. The molecular formula is C12H10FNO2. The van der Waals surface area contributed by atoms with Crippen molar-refractivity contribution < 1.29 is 14.3 Å². The SMILES string of the molecule is C/C(=C\c1c[nH]c2ccc(F)cc12)C(=O)O. The number of hydrogen-bond acceptors (Lipinski definition) is 1. The molecule has 0 saturated heterocycles. The summed E-state index contributed by atoms with van der Waals surface area (Å²) in [6, 6.07) is 4.36. The van der Waals surface area contributed by atoms with Gasteiger partial charge in [-0.2, -0.15) is 0 Å². The van der Waals surface area contributed by atoms with Crippen LogP contribution in [-0.2, 0) is 4.79 Å². The van der Waals surface area contributed by atoms with E-state index in [1.54, 1.807) is 12.3 Å². The molecule has 1 heterocycles. The fourth-order valence-electron chi connectivity index (χ4n) is 1.53. The van der Waals surface area contributed by atoms with Gasteiger partial charge in [-0.3, -0.25) is 0 Å². The lowest BCUT2D eigenvalue weighted by Gasteiger charge is -1.94. The fraction of sp³-hybridized carbons (Fsp3) is 0.0833. The van der Waals surface area contributed by atoms with Crippen LogP contribution in [0.4, 0.5) is 4.39 Å². The van der Waals surface area contributed by atoms with E-state index in [4.69, 9.17) is 5.11 Å². The zero-order valence-electron chi connectivity index (χ0n) is 8.62. The molecule has 16 heavy (non-hydrogen) atoms. The summed E-state index contributed by atoms with van der Waals surface area (Å²) in [6.07, 6.45) is 3.18. The first kappa shape index (κ1) is 10.4. The first-order valence-electron chi connectivity index (χ1n) is 4.76. The van der Waals surface area contributed by atoms with E-state index in [2.05, 4.69) is 4.98 Å². The topological polar surface area (TPSA) is 53.1 Å². The summed E-state index contributed by atoms with van der Waals surface area (Å²) in [5, 5.41) is 9.44. The van der Waals surface area contributed by atoms with E-state index >= 15 is 0 Å². The van der Waals surface area contributed by atoms with E-state index in [9.17, 15) is 9.18 Å². The maximum absolute atomic E-state index is 13.0. The Labute approximate surface area is 91.2 Å². The first-order valence-corrected chi connectivity index (χ1v) is 4.76. The van der Waals surface area contributed by atoms with Gasteiger partial charge in [0.05, 0.1) is 0 Å². The van der Waals surface area contributed by atoms with Gasteiger partial charge in [0.2, 0.25) is 0 Å². The highest BCUT2D eigenvalue weighted by atomic mass is 19.1. The lowest BCUT2D eigenvalue weighted by Crippen LogP contribution is -1.95. The Morgan fingerprint density at radius 2 is 2.25 bits per heavy atom. The molecule has 0 unspecified atom stereocenters. The van der Waals surface area contributed by atoms with Gasteiger partial charge in [0.25, 0.3) is 0 Å². The molecule has 0 bridgehead atoms. The number of aromatic nitrogens is 1. The third-order valence-electron chi connectivity index (χ3n) is 2.39. The summed E-state index contributed by atoms with van der Waals surface area (Å²) in [7, 11) is 0. The number of halogens is 1. The van der Waals surface area contributed by atoms with Crippen molar-refractivity contribution in [3.8, 4) is 0 Å². The number of fused-ring (bicyclic) bond motifs is 1. The highest BCUT2D eigenvalue weighted by Crippen LogP contribution is 2.21. The van der Waals surface area contributed by atoms with Crippen LogP contribution in [-0.4, -0.2) is 16.1 Å². The van der Waals surface area contributed by atoms with Gasteiger partial charge in [0, 0.05) is 28.2 Å². The quantitative estimate of drug-likeness (QED) is 0.763. The number of hydrogen-bond donors (Lipinski definition) is 2. The van der Waals surface area contributed by atoms with E-state index in [1.807, 2.05) is 0 Å². The first-order chi connectivity index (χ1) is 7.58. The van der Waals surface area contributed by atoms with Gasteiger partial charge in [-0.1, -0.05) is 0 Å². The van der Waals surface area contributed by atoms with Crippen LogP contribution < -0.4 is 0 Å². The number of aliphatic carboxylic acids is 1. The van der Waals surface area contributed by atoms with Crippen LogP contribution in [0.2, 0.25) is 0 Å². The molecule has 0 atom stereocenters. The maximum Gasteiger partial charge on any atom is 0.331 e. The average molecular weight is 219 g/mol. The molecule has 1 aromatic carbocycles. The minimum absolute atomic E-state index is 0.213. The molecule has 2 aromatic rings. The largest absolute Gasteiger partial charge is 0.478 e. The number of nitrogens with one attached hydrogen (secondary N) is 1. The van der Waals surface area contributed by atoms with Crippen LogP contribution in [0.15, 0.2) is 30.0 Å². The van der Waals surface area contributed by atoms with E-state index < -0.39 is 5.97 Å². The molecule has 0 amide bonds. The van der Waals surface area contributed by atoms with E-state index in [1.165, 1.54) is 25.1 Å². The molecule has 0 radical (unpaired) electrons. The van der Waals surface area contributed by atoms with Crippen LogP contribution in [0.5, 0.6) is 0 Å². The molecule has 2 N–H and O–H groups in total. The summed E-state index contributed by atoms with van der Waals surface area (Å²) < 4.78 is 13.0. The molecule has 0 saturated carbocycles. The van der Waals surface area contributed by atoms with Gasteiger partial charge in [-0.05, 0) is 31.2 Å². The van der Waals surface area contributed by atoms with Gasteiger partial charge in [-0.15, -0.1) is 0 Å². The molecule has 0 fully saturated rings. The Kier molecular flexibility index (Phi) is 2.48. The predicted molar refractivity (Wildman–Crippen MR) is 59.5 cm³/mol. The predicted octanol–water partition coefficient (Wildman–Crippen LogP) is 2.79. The second kappa shape index (κ2) is 3.81. The van der Waals surface area contributed by atoms with Crippen molar-refractivity contribution in [1.82, 2.24) is 4.98 Å². The molecule has 0 aliphatic carbocycles. The number of aromatic amines is 1. The van der Waals surface area contributed by atoms with Crippen LogP contribution in [0.3, 0.4) is 0 Å². The van der Waals surface area contributed by atoms with E-state index in [0.717, 1.165) is 5.52 Å². The van der Waals surface area contributed by atoms with Crippen LogP contribution in [0, 0.1) is 5.82 Å². The minimum Gasteiger partial charge on any atom is -0.478 e. The van der Waals surface area contributed by atoms with Gasteiger partial charge >= 0.3 is 5.97 Å². The fourth-order valence-corrected chi connectivity index (χ4v) is 1.53. The Bertz CT molecular complexity index is 584. The lowest BCUT2D eigenvalue weighted by atomic mass is 10.1. The molecule has 0 aliphatic heterocycles. The molecule has 0 spiro atoms. The molecular weight excluding hydrogens is 209 g/mol. The van der Waals surface area contributed by atoms with Crippen molar-refractivity contribution >= 4 is 22.9 Å². The van der Waals surface area contributed by atoms with Crippen LogP contribution in [0.1, 0.15) is 12.5 Å². The summed E-state index contributed by atoms with van der Waals surface area (Å²) in [6.45, 7) is 1.50. The highest BCUT2D eigenvalue weighted by molar-refractivity contribution is 5.96. The van der Waals surface area contributed by atoms with Gasteiger partial charge in [0.15, 0.2) is 0 Å². The summed E-state index contributed by atoms with van der Waals surface area (Å²) in [5.41, 5.74) is 1.67. The normalized spacial score (nSPS) is 12.0. The molecule has 82 valence electrons. The second-order valence-corrected chi connectivity index (χ2v) is 3.57. The van der Waals surface area contributed by atoms with Gasteiger partial charge in [-0.25, -0.2) is 9.18 Å². The number of carboxylic acid groups (broad SMARTS) is 1. The van der Waals surface area contributed by atoms with Gasteiger partial charge in [0.1, 0.15) is 5.82 Å². The van der Waals surface area contributed by atoms with Crippen molar-refractivity contribution in [2.75, 3.05) is 0 Å². The number of rotatable bonds is 2. The summed E-state index contributed by atoms with van der Waals surface area (Å²) in [5.74, 6) is -1.32. The van der Waals surface area contributed by atoms with Crippen LogP contribution >= 0.6 is 0 Å². The smallest absolute Gasteiger partial charge is 0.331 e. The van der Waals surface area contributed by atoms with Crippen molar-refractivity contribution in [3.05, 3.63) is 41.3 Å². The molecule has 0 aliphatic rings. The number of carboxylic acids is 1. The summed E-state index contributed by atoms with van der Waals surface area (Å²) >= 11 is 0. The molecule has 4 heteroatoms. The van der Waals surface area contributed by atoms with E-state index in [0.29, 0.717) is 10.9 Å². The third-order valence-corrected chi connectivity index (χ3v) is 2.39. The highest BCUT2D eigenvalue weighted by Gasteiger charge is 2.05. The van der Waals surface area contributed by atoms with Crippen molar-refractivity contribution in [2.45, 2.75) is 6.92 Å². The lowest BCUT2D eigenvalue weighted by molar-refractivity contribution is -0.132. The van der Waals surface area contributed by atoms with Crippen molar-refractivity contribution in [2.24, 2.45) is 0 Å². The number of benzene rings is 1. The average Bonchev–Trinajstić information content (AvgIpc) is 2.61. The van der Waals surface area contributed by atoms with Crippen molar-refractivity contribution in [3.63, 3.8) is 0 Å². The molecule has 1 aromatic heterocycles. The maximum atomic E-state index is 13.0. The van der Waals surface area contributed by atoms with Gasteiger partial charge < -0.3 is 10.1 Å².